The summed E-state index contributed by atoms with van der Waals surface area (Å²) in [6.07, 6.45) is -4.87. The monoisotopic (exact) mass is 411 g/mol. The Morgan fingerprint density at radius 2 is 2.00 bits per heavy atom. The largest absolute Gasteiger partial charge is 0.394 e. The number of hydrogen-bond acceptors (Lipinski definition) is 9. The Morgan fingerprint density at radius 3 is 2.57 bits per heavy atom. The van der Waals surface area contributed by atoms with Gasteiger partial charge in [-0.1, -0.05) is 11.8 Å². The van der Waals surface area contributed by atoms with E-state index >= 15 is 0 Å². The van der Waals surface area contributed by atoms with E-state index in [1.54, 1.807) is 13.3 Å². The molecule has 1 saturated heterocycles. The number of aliphatic hydroxyl groups is 4. The lowest BCUT2D eigenvalue weighted by molar-refractivity contribution is -0.221. The number of ether oxygens (including phenoxy) is 1. The molecule has 5 N–H and O–H groups in total. The highest BCUT2D eigenvalue weighted by Crippen LogP contribution is 2.25. The van der Waals surface area contributed by atoms with Gasteiger partial charge in [-0.3, -0.25) is 9.36 Å². The molecule has 0 spiro atoms. The summed E-state index contributed by atoms with van der Waals surface area (Å²) in [7, 11) is 1.57. The van der Waals surface area contributed by atoms with Crippen LogP contribution in [0.3, 0.4) is 0 Å². The van der Waals surface area contributed by atoms with Crippen LogP contribution in [0.15, 0.2) is 14.4 Å². The molecule has 0 aromatic carbocycles. The van der Waals surface area contributed by atoms with E-state index in [4.69, 9.17) is 4.74 Å². The van der Waals surface area contributed by atoms with Gasteiger partial charge in [0.25, 0.3) is 5.56 Å². The number of anilines is 1. The third kappa shape index (κ3) is 3.55. The number of nitrogens with zero attached hydrogens (tertiary/aromatic N) is 2. The minimum absolute atomic E-state index is 0.127. The Hall–Kier alpha value is -0.690. The molecule has 1 aromatic heterocycles. The molecule has 1 aromatic rings. The van der Waals surface area contributed by atoms with Crippen molar-refractivity contribution in [2.24, 2.45) is 7.05 Å². The van der Waals surface area contributed by atoms with E-state index in [2.05, 4.69) is 26.2 Å². The summed E-state index contributed by atoms with van der Waals surface area (Å²) in [5.41, 5.74) is -0.337. The van der Waals surface area contributed by atoms with Crippen LogP contribution < -0.4 is 10.9 Å². The number of rotatable bonds is 4. The van der Waals surface area contributed by atoms with Crippen LogP contribution in [0.1, 0.15) is 0 Å². The number of thioether (sulfide) groups is 1. The van der Waals surface area contributed by atoms with Gasteiger partial charge in [0.1, 0.15) is 28.9 Å². The number of hydrogen-bond donors (Lipinski definition) is 5. The van der Waals surface area contributed by atoms with Crippen molar-refractivity contribution in [3.05, 3.63) is 14.8 Å². The SMILES string of the molecule is CSc1nc(NC2OC(CO)C(O)C(O)C2O)c(Br)c(=O)n1C. The lowest BCUT2D eigenvalue weighted by atomic mass is 9.98. The highest BCUT2D eigenvalue weighted by atomic mass is 79.9. The maximum absolute atomic E-state index is 12.1. The predicted molar refractivity (Wildman–Crippen MR) is 86.3 cm³/mol. The van der Waals surface area contributed by atoms with Crippen LogP contribution in [-0.4, -0.2) is 73.5 Å². The fraction of sp³-hybridized carbons (Fsp3) is 0.667. The van der Waals surface area contributed by atoms with Crippen molar-refractivity contribution in [1.82, 2.24) is 9.55 Å². The molecular formula is C12H18BrN3O6S. The van der Waals surface area contributed by atoms with Gasteiger partial charge in [-0.15, -0.1) is 0 Å². The standard InChI is InChI=1S/C12H18BrN3O6S/c1-16-11(21)5(13)9(15-12(16)23-2)14-10-8(20)7(19)6(18)4(3-17)22-10/h4,6-8,10,14,17-20H,3H2,1-2H3. The zero-order valence-electron chi connectivity index (χ0n) is 12.4. The number of aliphatic hydroxyl groups excluding tert-OH is 4. The van der Waals surface area contributed by atoms with Gasteiger partial charge >= 0.3 is 0 Å². The Bertz CT molecular complexity index is 628. The second kappa shape index (κ2) is 7.47. The zero-order chi connectivity index (χ0) is 17.3. The second-order valence-electron chi connectivity index (χ2n) is 5.02. The maximum atomic E-state index is 12.1. The van der Waals surface area contributed by atoms with Gasteiger partial charge in [-0.25, -0.2) is 4.98 Å². The molecule has 11 heteroatoms. The molecule has 1 aliphatic rings. The number of aromatic nitrogens is 2. The fourth-order valence-corrected chi connectivity index (χ4v) is 3.20. The summed E-state index contributed by atoms with van der Waals surface area (Å²) >= 11 is 4.39. The van der Waals surface area contributed by atoms with E-state index < -0.39 is 37.3 Å². The number of nitrogens with one attached hydrogen (secondary N) is 1. The molecule has 0 aliphatic carbocycles. The summed E-state index contributed by atoms with van der Waals surface area (Å²) in [6, 6.07) is 0. The van der Waals surface area contributed by atoms with E-state index in [0.717, 1.165) is 0 Å². The van der Waals surface area contributed by atoms with E-state index in [-0.39, 0.29) is 15.8 Å². The van der Waals surface area contributed by atoms with Gasteiger partial charge in [-0.2, -0.15) is 0 Å². The van der Waals surface area contributed by atoms with Gasteiger partial charge < -0.3 is 30.5 Å². The molecule has 130 valence electrons. The summed E-state index contributed by atoms with van der Waals surface area (Å²) in [5.74, 6) is 0.127. The van der Waals surface area contributed by atoms with E-state index in [1.165, 1.54) is 16.3 Å². The predicted octanol–water partition coefficient (Wildman–Crippen LogP) is -1.52. The summed E-state index contributed by atoms with van der Waals surface area (Å²) in [6.45, 7) is -0.537. The zero-order valence-corrected chi connectivity index (χ0v) is 14.8. The fourth-order valence-electron chi connectivity index (χ4n) is 2.19. The normalized spacial score (nSPS) is 31.2. The van der Waals surface area contributed by atoms with Crippen LogP contribution in [-0.2, 0) is 11.8 Å². The Labute approximate surface area is 144 Å². The molecule has 23 heavy (non-hydrogen) atoms. The average Bonchev–Trinajstić information content (AvgIpc) is 2.55. The van der Waals surface area contributed by atoms with E-state index in [9.17, 15) is 25.2 Å². The smallest absolute Gasteiger partial charge is 0.270 e. The van der Waals surface area contributed by atoms with Gasteiger partial charge in [0.15, 0.2) is 17.2 Å². The molecule has 0 amide bonds. The molecule has 0 bridgehead atoms. The number of halogens is 1. The van der Waals surface area contributed by atoms with Crippen LogP contribution in [0.25, 0.3) is 0 Å². The average molecular weight is 412 g/mol. The highest BCUT2D eigenvalue weighted by Gasteiger charge is 2.43. The van der Waals surface area contributed by atoms with Crippen molar-refractivity contribution in [3.63, 3.8) is 0 Å². The van der Waals surface area contributed by atoms with Crippen LogP contribution in [0.5, 0.6) is 0 Å². The molecule has 2 rings (SSSR count). The molecule has 2 heterocycles. The van der Waals surface area contributed by atoms with Crippen LogP contribution in [0.2, 0.25) is 0 Å². The van der Waals surface area contributed by atoms with Crippen molar-refractivity contribution in [1.29, 1.82) is 0 Å². The first-order valence-corrected chi connectivity index (χ1v) is 8.71. The lowest BCUT2D eigenvalue weighted by Crippen LogP contribution is -2.60. The summed E-state index contributed by atoms with van der Waals surface area (Å²) in [5, 5.41) is 41.9. The molecule has 5 atom stereocenters. The molecular weight excluding hydrogens is 394 g/mol. The van der Waals surface area contributed by atoms with E-state index in [1.807, 2.05) is 0 Å². The third-order valence-corrected chi connectivity index (χ3v) is 4.99. The first-order chi connectivity index (χ1) is 10.8. The molecule has 9 nitrogen and oxygen atoms in total. The van der Waals surface area contributed by atoms with Gasteiger partial charge in [0.05, 0.1) is 6.61 Å². The topological polar surface area (TPSA) is 137 Å². The van der Waals surface area contributed by atoms with Gasteiger partial charge in [0, 0.05) is 7.05 Å². The minimum Gasteiger partial charge on any atom is -0.394 e. The van der Waals surface area contributed by atoms with Gasteiger partial charge in [-0.05, 0) is 22.2 Å². The molecule has 1 fully saturated rings. The van der Waals surface area contributed by atoms with Crippen molar-refractivity contribution in [2.75, 3.05) is 18.2 Å². The second-order valence-corrected chi connectivity index (χ2v) is 6.59. The minimum atomic E-state index is -1.51. The Kier molecular flexibility index (Phi) is 6.05. The quantitative estimate of drug-likeness (QED) is 0.295. The Morgan fingerprint density at radius 1 is 1.35 bits per heavy atom. The molecule has 0 radical (unpaired) electrons. The first-order valence-electron chi connectivity index (χ1n) is 6.69. The van der Waals surface area contributed by atoms with Gasteiger partial charge in [0.2, 0.25) is 0 Å². The lowest BCUT2D eigenvalue weighted by Gasteiger charge is -2.40. The van der Waals surface area contributed by atoms with Crippen molar-refractivity contribution in [2.45, 2.75) is 35.8 Å². The summed E-state index contributed by atoms with van der Waals surface area (Å²) < 4.78 is 6.82. The molecule has 5 unspecified atom stereocenters. The molecule has 0 saturated carbocycles. The van der Waals surface area contributed by atoms with Crippen molar-refractivity contribution < 1.29 is 25.2 Å². The highest BCUT2D eigenvalue weighted by molar-refractivity contribution is 9.10. The van der Waals surface area contributed by atoms with E-state index in [0.29, 0.717) is 5.16 Å². The summed E-state index contributed by atoms with van der Waals surface area (Å²) in [4.78, 5) is 16.4. The Balaban J connectivity index is 2.31. The van der Waals surface area contributed by atoms with Crippen LogP contribution in [0, 0.1) is 0 Å². The third-order valence-electron chi connectivity index (χ3n) is 3.55. The molecule has 1 aliphatic heterocycles. The first kappa shape index (κ1) is 18.6. The van der Waals surface area contributed by atoms with Crippen molar-refractivity contribution in [3.8, 4) is 0 Å². The maximum Gasteiger partial charge on any atom is 0.270 e. The van der Waals surface area contributed by atoms with Crippen LogP contribution >= 0.6 is 27.7 Å². The van der Waals surface area contributed by atoms with Crippen LogP contribution in [0.4, 0.5) is 5.82 Å². The van der Waals surface area contributed by atoms with Crippen molar-refractivity contribution >= 4 is 33.5 Å².